The van der Waals surface area contributed by atoms with Gasteiger partial charge in [0, 0.05) is 0 Å². The van der Waals surface area contributed by atoms with Gasteiger partial charge in [-0.3, -0.25) is 9.59 Å². The molecule has 2 N–H and O–H groups in total. The van der Waals surface area contributed by atoms with Gasteiger partial charge in [-0.1, -0.05) is 31.5 Å². The van der Waals surface area contributed by atoms with Gasteiger partial charge in [0.1, 0.15) is 5.75 Å². The average molecular weight is 293 g/mol. The lowest BCUT2D eigenvalue weighted by Crippen LogP contribution is -2.50. The molecule has 0 radical (unpaired) electrons. The lowest BCUT2D eigenvalue weighted by atomic mass is 9.89. The van der Waals surface area contributed by atoms with Crippen molar-refractivity contribution in [3.63, 3.8) is 0 Å². The molecule has 21 heavy (non-hydrogen) atoms. The summed E-state index contributed by atoms with van der Waals surface area (Å²) in [6, 6.07) is 7.40. The van der Waals surface area contributed by atoms with E-state index in [1.54, 1.807) is 12.1 Å². The molecule has 0 aliphatic rings. The molecule has 116 valence electrons. The molecule has 0 atom stereocenters. The van der Waals surface area contributed by atoms with Crippen molar-refractivity contribution in [1.29, 1.82) is 0 Å². The molecule has 0 unspecified atom stereocenters. The highest BCUT2D eigenvalue weighted by Gasteiger charge is 2.30. The summed E-state index contributed by atoms with van der Waals surface area (Å²) >= 11 is 0. The number of rotatable bonds is 8. The fourth-order valence-electron chi connectivity index (χ4n) is 2.13. The van der Waals surface area contributed by atoms with Gasteiger partial charge in [-0.15, -0.1) is 0 Å². The van der Waals surface area contributed by atoms with Gasteiger partial charge in [0.25, 0.3) is 5.91 Å². The van der Waals surface area contributed by atoms with Gasteiger partial charge in [-0.2, -0.15) is 0 Å². The number of amides is 1. The molecule has 0 aliphatic carbocycles. The minimum Gasteiger partial charge on any atom is -0.484 e. The van der Waals surface area contributed by atoms with Gasteiger partial charge in [0.05, 0.1) is 12.0 Å². The quantitative estimate of drug-likeness (QED) is 0.772. The Hall–Kier alpha value is -2.04. The molecule has 5 nitrogen and oxygen atoms in total. The first kappa shape index (κ1) is 17.0. The number of carbonyl (C=O) groups is 2. The molecule has 5 heteroatoms. The lowest BCUT2D eigenvalue weighted by molar-refractivity contribution is -0.139. The van der Waals surface area contributed by atoms with Gasteiger partial charge in [0.15, 0.2) is 6.61 Å². The first-order valence-electron chi connectivity index (χ1n) is 7.13. The molecule has 0 aliphatic heterocycles. The minimum absolute atomic E-state index is 0.0870. The van der Waals surface area contributed by atoms with Crippen LogP contribution in [0.1, 0.15) is 38.7 Å². The highest BCUT2D eigenvalue weighted by atomic mass is 16.5. The number of ether oxygens (including phenoxy) is 1. The summed E-state index contributed by atoms with van der Waals surface area (Å²) in [6.45, 7) is 5.59. The standard InChI is InChI=1S/C16H23NO4/c1-4-16(5-2,10-15(19)20)17-14(18)11-21-13-8-6-12(3)7-9-13/h6-9H,4-5,10-11H2,1-3H3,(H,17,18)(H,19,20). The third-order valence-corrected chi connectivity index (χ3v) is 3.64. The van der Waals surface area contributed by atoms with E-state index in [0.717, 1.165) is 5.56 Å². The van der Waals surface area contributed by atoms with Crippen molar-refractivity contribution in [3.8, 4) is 5.75 Å². The molecule has 0 aromatic heterocycles. The van der Waals surface area contributed by atoms with E-state index in [9.17, 15) is 9.59 Å². The summed E-state index contributed by atoms with van der Waals surface area (Å²) in [6.07, 6.45) is 1.04. The average Bonchev–Trinajstić information content (AvgIpc) is 2.45. The van der Waals surface area contributed by atoms with Crippen LogP contribution in [-0.2, 0) is 9.59 Å². The molecule has 0 heterocycles. The van der Waals surface area contributed by atoms with Crippen LogP contribution in [0.2, 0.25) is 0 Å². The largest absolute Gasteiger partial charge is 0.484 e. The van der Waals surface area contributed by atoms with Crippen LogP contribution in [0.25, 0.3) is 0 Å². The Labute approximate surface area is 125 Å². The van der Waals surface area contributed by atoms with E-state index < -0.39 is 11.5 Å². The maximum Gasteiger partial charge on any atom is 0.305 e. The summed E-state index contributed by atoms with van der Waals surface area (Å²) in [7, 11) is 0. The molecule has 0 saturated carbocycles. The van der Waals surface area contributed by atoms with Gasteiger partial charge < -0.3 is 15.2 Å². The Morgan fingerprint density at radius 1 is 1.19 bits per heavy atom. The molecular weight excluding hydrogens is 270 g/mol. The fraction of sp³-hybridized carbons (Fsp3) is 0.500. The molecule has 1 aromatic rings. The number of hydrogen-bond donors (Lipinski definition) is 2. The van der Waals surface area contributed by atoms with E-state index in [2.05, 4.69) is 5.32 Å². The highest BCUT2D eigenvalue weighted by molar-refractivity contribution is 5.79. The zero-order chi connectivity index (χ0) is 15.9. The van der Waals surface area contributed by atoms with Crippen molar-refractivity contribution in [2.45, 2.75) is 45.6 Å². The van der Waals surface area contributed by atoms with Gasteiger partial charge in [-0.05, 0) is 31.9 Å². The van der Waals surface area contributed by atoms with Crippen molar-refractivity contribution < 1.29 is 19.4 Å². The van der Waals surface area contributed by atoms with Crippen LogP contribution >= 0.6 is 0 Å². The van der Waals surface area contributed by atoms with Crippen molar-refractivity contribution in [2.75, 3.05) is 6.61 Å². The summed E-state index contributed by atoms with van der Waals surface area (Å²) in [5.41, 5.74) is 0.406. The van der Waals surface area contributed by atoms with Crippen molar-refractivity contribution in [3.05, 3.63) is 29.8 Å². The van der Waals surface area contributed by atoms with Gasteiger partial charge in [-0.25, -0.2) is 0 Å². The lowest BCUT2D eigenvalue weighted by Gasteiger charge is -2.31. The number of aliphatic carboxylic acids is 1. The van der Waals surface area contributed by atoms with Crippen LogP contribution in [0.4, 0.5) is 0 Å². The first-order chi connectivity index (χ1) is 9.90. The molecule has 1 rings (SSSR count). The van der Waals surface area contributed by atoms with Crippen LogP contribution in [0.5, 0.6) is 5.75 Å². The monoisotopic (exact) mass is 293 g/mol. The third-order valence-electron chi connectivity index (χ3n) is 3.64. The SMILES string of the molecule is CCC(CC)(CC(=O)O)NC(=O)COc1ccc(C)cc1. The van der Waals surface area contributed by atoms with E-state index in [1.807, 2.05) is 32.9 Å². The summed E-state index contributed by atoms with van der Waals surface area (Å²) < 4.78 is 5.40. The van der Waals surface area contributed by atoms with Gasteiger partial charge in [0.2, 0.25) is 0 Å². The van der Waals surface area contributed by atoms with Gasteiger partial charge >= 0.3 is 5.97 Å². The number of aryl methyl sites for hydroxylation is 1. The zero-order valence-corrected chi connectivity index (χ0v) is 12.8. The topological polar surface area (TPSA) is 75.6 Å². The summed E-state index contributed by atoms with van der Waals surface area (Å²) in [4.78, 5) is 22.9. The van der Waals surface area contributed by atoms with Crippen LogP contribution < -0.4 is 10.1 Å². The highest BCUT2D eigenvalue weighted by Crippen LogP contribution is 2.20. The molecule has 0 fully saturated rings. The van der Waals surface area contributed by atoms with E-state index >= 15 is 0 Å². The Morgan fingerprint density at radius 3 is 2.24 bits per heavy atom. The molecule has 0 bridgehead atoms. The predicted molar refractivity (Wildman–Crippen MR) is 80.4 cm³/mol. The minimum atomic E-state index is -0.918. The van der Waals surface area contributed by atoms with Crippen molar-refractivity contribution >= 4 is 11.9 Å². The maximum atomic E-state index is 12.0. The van der Waals surface area contributed by atoms with E-state index in [-0.39, 0.29) is 18.9 Å². The smallest absolute Gasteiger partial charge is 0.305 e. The van der Waals surface area contributed by atoms with Crippen LogP contribution in [-0.4, -0.2) is 29.1 Å². The third kappa shape index (κ3) is 5.45. The first-order valence-corrected chi connectivity index (χ1v) is 7.13. The van der Waals surface area contributed by atoms with E-state index in [4.69, 9.17) is 9.84 Å². The number of hydrogen-bond acceptors (Lipinski definition) is 3. The number of carboxylic acid groups (broad SMARTS) is 1. The summed E-state index contributed by atoms with van der Waals surface area (Å²) in [5, 5.41) is 11.8. The normalized spacial score (nSPS) is 11.0. The molecule has 0 saturated heterocycles. The zero-order valence-electron chi connectivity index (χ0n) is 12.8. The Morgan fingerprint density at radius 2 is 1.76 bits per heavy atom. The van der Waals surface area contributed by atoms with Crippen LogP contribution in [0.3, 0.4) is 0 Å². The van der Waals surface area contributed by atoms with Crippen LogP contribution in [0, 0.1) is 6.92 Å². The Balaban J connectivity index is 2.57. The van der Waals surface area contributed by atoms with E-state index in [0.29, 0.717) is 18.6 Å². The second-order valence-corrected chi connectivity index (χ2v) is 5.21. The second kappa shape index (κ2) is 7.67. The maximum absolute atomic E-state index is 12.0. The molecule has 1 amide bonds. The number of benzene rings is 1. The van der Waals surface area contributed by atoms with Crippen molar-refractivity contribution in [2.24, 2.45) is 0 Å². The number of carbonyl (C=O) groups excluding carboxylic acids is 1. The Kier molecular flexibility index (Phi) is 6.21. The molecule has 0 spiro atoms. The van der Waals surface area contributed by atoms with Crippen LogP contribution in [0.15, 0.2) is 24.3 Å². The number of nitrogens with one attached hydrogen (secondary N) is 1. The number of carboxylic acids is 1. The fourth-order valence-corrected chi connectivity index (χ4v) is 2.13. The van der Waals surface area contributed by atoms with E-state index in [1.165, 1.54) is 0 Å². The molecular formula is C16H23NO4. The molecule has 1 aromatic carbocycles. The van der Waals surface area contributed by atoms with Crippen molar-refractivity contribution in [1.82, 2.24) is 5.32 Å². The summed E-state index contributed by atoms with van der Waals surface area (Å²) in [5.74, 6) is -0.605. The second-order valence-electron chi connectivity index (χ2n) is 5.21. The predicted octanol–water partition coefficient (Wildman–Crippen LogP) is 2.52. The Bertz CT molecular complexity index is 478.